The minimum absolute atomic E-state index is 0.171. The Bertz CT molecular complexity index is 818. The fourth-order valence-electron chi connectivity index (χ4n) is 8.91. The maximum Gasteiger partial charge on any atom is 0.397 e. The Morgan fingerprint density at radius 1 is 1.06 bits per heavy atom. The summed E-state index contributed by atoms with van der Waals surface area (Å²) in [5.41, 5.74) is 2.05. The van der Waals surface area contributed by atoms with Crippen LogP contribution >= 0.6 is 0 Å². The molecule has 4 aliphatic rings. The van der Waals surface area contributed by atoms with Crippen molar-refractivity contribution in [2.75, 3.05) is 0 Å². The number of hydrogen-bond acceptors (Lipinski definition) is 3. The van der Waals surface area contributed by atoms with Crippen LogP contribution in [0.4, 0.5) is 0 Å². The van der Waals surface area contributed by atoms with Crippen LogP contribution in [0.25, 0.3) is 0 Å². The lowest BCUT2D eigenvalue weighted by Crippen LogP contribution is -2.51. The van der Waals surface area contributed by atoms with Gasteiger partial charge < -0.3 is 0 Å². The highest BCUT2D eigenvalue weighted by atomic mass is 32.3. The zero-order valence-corrected chi connectivity index (χ0v) is 21.8. The second-order valence-corrected chi connectivity index (χ2v) is 13.7. The maximum absolute atomic E-state index is 11.2. The summed E-state index contributed by atoms with van der Waals surface area (Å²) in [5.74, 6) is 4.83. The number of rotatable bonds is 7. The van der Waals surface area contributed by atoms with Crippen molar-refractivity contribution >= 4 is 10.4 Å². The van der Waals surface area contributed by atoms with E-state index in [4.69, 9.17) is 8.74 Å². The van der Waals surface area contributed by atoms with Crippen LogP contribution in [-0.2, 0) is 14.6 Å². The van der Waals surface area contributed by atoms with Crippen LogP contribution in [-0.4, -0.2) is 19.1 Å². The molecule has 32 heavy (non-hydrogen) atoms. The van der Waals surface area contributed by atoms with Crippen LogP contribution in [0.2, 0.25) is 0 Å². The van der Waals surface area contributed by atoms with Crippen LogP contribution in [0.15, 0.2) is 11.6 Å². The third-order valence-electron chi connectivity index (χ3n) is 10.5. The standard InChI is InChI=1S/C27H46O4S/c1-18(2)7-6-8-19(3)23-11-12-24-22-10-9-20-17-21(31-32(28,29)30)13-15-26(20,4)25(22)14-16-27(23,24)5/h9,18-19,21-25H,6-8,10-17H2,1-5H3,(H,28,29,30)/t19-,21?,22-,23-,24?,25-,26+,27-/m1/s1. The van der Waals surface area contributed by atoms with E-state index in [1.54, 1.807) is 0 Å². The van der Waals surface area contributed by atoms with Gasteiger partial charge in [-0.15, -0.1) is 0 Å². The Labute approximate surface area is 196 Å². The molecule has 0 saturated heterocycles. The quantitative estimate of drug-likeness (QED) is 0.318. The number of allylic oxidation sites excluding steroid dienone is 1. The highest BCUT2D eigenvalue weighted by molar-refractivity contribution is 7.80. The summed E-state index contributed by atoms with van der Waals surface area (Å²) in [4.78, 5) is 0. The predicted molar refractivity (Wildman–Crippen MR) is 129 cm³/mol. The Balaban J connectivity index is 1.47. The third kappa shape index (κ3) is 4.60. The van der Waals surface area contributed by atoms with Gasteiger partial charge in [-0.25, -0.2) is 4.18 Å². The molecule has 0 aromatic carbocycles. The highest BCUT2D eigenvalue weighted by Gasteiger charge is 2.59. The lowest BCUT2D eigenvalue weighted by Gasteiger charge is -2.58. The van der Waals surface area contributed by atoms with Gasteiger partial charge in [-0.1, -0.05) is 65.5 Å². The van der Waals surface area contributed by atoms with Crippen LogP contribution in [0.1, 0.15) is 105 Å². The molecule has 3 fully saturated rings. The first-order valence-electron chi connectivity index (χ1n) is 13.3. The molecule has 4 rings (SSSR count). The van der Waals surface area contributed by atoms with Gasteiger partial charge in [0, 0.05) is 0 Å². The van der Waals surface area contributed by atoms with Crippen molar-refractivity contribution in [3.05, 3.63) is 11.6 Å². The monoisotopic (exact) mass is 466 g/mol. The summed E-state index contributed by atoms with van der Waals surface area (Å²) in [5, 5.41) is 0. The SMILES string of the molecule is CC(C)CCC[C@@H](C)[C@H]1CCC2[C@H]3CC=C4CC(OS(=O)(=O)O)CC[C@]4(C)[C@@H]3CC[C@@]21C. The van der Waals surface area contributed by atoms with E-state index in [-0.39, 0.29) is 5.41 Å². The molecule has 0 aromatic rings. The molecule has 184 valence electrons. The Hall–Kier alpha value is -0.390. The summed E-state index contributed by atoms with van der Waals surface area (Å²) >= 11 is 0. The zero-order valence-electron chi connectivity index (χ0n) is 21.0. The van der Waals surface area contributed by atoms with E-state index in [2.05, 4.69) is 40.7 Å². The molecule has 4 aliphatic carbocycles. The van der Waals surface area contributed by atoms with Crippen LogP contribution < -0.4 is 0 Å². The smallest absolute Gasteiger partial charge is 0.264 e. The maximum atomic E-state index is 11.2. The van der Waals surface area contributed by atoms with E-state index in [1.165, 1.54) is 50.5 Å². The summed E-state index contributed by atoms with van der Waals surface area (Å²) < 4.78 is 36.6. The number of hydrogen-bond donors (Lipinski definition) is 1. The fraction of sp³-hybridized carbons (Fsp3) is 0.926. The van der Waals surface area contributed by atoms with Crippen molar-refractivity contribution < 1.29 is 17.2 Å². The van der Waals surface area contributed by atoms with E-state index >= 15 is 0 Å². The highest BCUT2D eigenvalue weighted by Crippen LogP contribution is 2.67. The molecule has 1 N–H and O–H groups in total. The summed E-state index contributed by atoms with van der Waals surface area (Å²) in [6.45, 7) is 12.3. The second kappa shape index (κ2) is 9.00. The molecule has 4 nitrogen and oxygen atoms in total. The average Bonchev–Trinajstić information content (AvgIpc) is 3.04. The van der Waals surface area contributed by atoms with Gasteiger partial charge in [0.1, 0.15) is 0 Å². The molecule has 5 heteroatoms. The molecule has 0 aromatic heterocycles. The Kier molecular flexibility index (Phi) is 6.95. The van der Waals surface area contributed by atoms with Gasteiger partial charge in [-0.05, 0) is 97.7 Å². The van der Waals surface area contributed by atoms with Gasteiger partial charge in [-0.3, -0.25) is 4.55 Å². The predicted octanol–water partition coefficient (Wildman–Crippen LogP) is 7.22. The van der Waals surface area contributed by atoms with E-state index < -0.39 is 16.5 Å². The second-order valence-electron chi connectivity index (χ2n) is 12.7. The van der Waals surface area contributed by atoms with Gasteiger partial charge >= 0.3 is 10.4 Å². The Morgan fingerprint density at radius 3 is 2.50 bits per heavy atom. The first-order chi connectivity index (χ1) is 14.9. The zero-order chi connectivity index (χ0) is 23.3. The fourth-order valence-corrected chi connectivity index (χ4v) is 9.41. The lowest BCUT2D eigenvalue weighted by atomic mass is 9.47. The van der Waals surface area contributed by atoms with Gasteiger partial charge in [0.25, 0.3) is 0 Å². The minimum atomic E-state index is -4.38. The lowest BCUT2D eigenvalue weighted by molar-refractivity contribution is -0.0560. The molecule has 3 saturated carbocycles. The van der Waals surface area contributed by atoms with Crippen LogP contribution in [0, 0.1) is 46.3 Å². The first kappa shape index (κ1) is 24.7. The molecular formula is C27H46O4S. The van der Waals surface area contributed by atoms with E-state index in [9.17, 15) is 8.42 Å². The van der Waals surface area contributed by atoms with Crippen molar-refractivity contribution in [1.29, 1.82) is 0 Å². The average molecular weight is 467 g/mol. The topological polar surface area (TPSA) is 63.6 Å². The van der Waals surface area contributed by atoms with Crippen molar-refractivity contribution in [1.82, 2.24) is 0 Å². The van der Waals surface area contributed by atoms with Crippen LogP contribution in [0.3, 0.4) is 0 Å². The van der Waals surface area contributed by atoms with Gasteiger partial charge in [0.15, 0.2) is 0 Å². The molecule has 0 amide bonds. The first-order valence-corrected chi connectivity index (χ1v) is 14.7. The summed E-state index contributed by atoms with van der Waals surface area (Å²) in [6, 6.07) is 0. The van der Waals surface area contributed by atoms with Crippen molar-refractivity contribution in [3.8, 4) is 0 Å². The van der Waals surface area contributed by atoms with Gasteiger partial charge in [-0.2, -0.15) is 8.42 Å². The third-order valence-corrected chi connectivity index (χ3v) is 11.0. The number of fused-ring (bicyclic) bond motifs is 5. The van der Waals surface area contributed by atoms with Gasteiger partial charge in [0.2, 0.25) is 0 Å². The normalized spacial score (nSPS) is 42.7. The molecule has 0 spiro atoms. The summed E-state index contributed by atoms with van der Waals surface area (Å²) in [6.07, 6.45) is 15.1. The summed E-state index contributed by atoms with van der Waals surface area (Å²) in [7, 11) is -4.38. The van der Waals surface area contributed by atoms with E-state index in [0.29, 0.717) is 24.2 Å². The Morgan fingerprint density at radius 2 is 1.81 bits per heavy atom. The molecule has 0 radical (unpaired) electrons. The minimum Gasteiger partial charge on any atom is -0.264 e. The van der Waals surface area contributed by atoms with E-state index in [0.717, 1.165) is 42.4 Å². The molecule has 8 atom stereocenters. The van der Waals surface area contributed by atoms with Crippen molar-refractivity contribution in [3.63, 3.8) is 0 Å². The molecule has 0 heterocycles. The van der Waals surface area contributed by atoms with Gasteiger partial charge in [0.05, 0.1) is 6.10 Å². The van der Waals surface area contributed by atoms with Crippen molar-refractivity contribution in [2.24, 2.45) is 46.3 Å². The molecule has 2 unspecified atom stereocenters. The molecule has 0 aliphatic heterocycles. The molecular weight excluding hydrogens is 420 g/mol. The van der Waals surface area contributed by atoms with Crippen molar-refractivity contribution in [2.45, 2.75) is 111 Å². The van der Waals surface area contributed by atoms with E-state index in [1.807, 2.05) is 0 Å². The van der Waals surface area contributed by atoms with Crippen LogP contribution in [0.5, 0.6) is 0 Å². The largest absolute Gasteiger partial charge is 0.397 e. The molecule has 0 bridgehead atoms.